The maximum absolute atomic E-state index is 12.6. The molecule has 11 heteroatoms. The number of benzene rings is 2. The first-order chi connectivity index (χ1) is 14.1. The van der Waals surface area contributed by atoms with Crippen molar-refractivity contribution in [3.63, 3.8) is 0 Å². The minimum absolute atomic E-state index is 0.293. The van der Waals surface area contributed by atoms with Crippen LogP contribution in [0, 0.1) is 6.92 Å². The highest BCUT2D eigenvalue weighted by atomic mass is 32.1. The zero-order valence-corrected chi connectivity index (χ0v) is 17.0. The smallest absolute Gasteiger partial charge is 0.406 e. The third-order valence-electron chi connectivity index (χ3n) is 3.92. The standard InChI is InChI=1S/C19H17F3N4O3S/c1-11-17(30-25-24-11)28-18(27)23-13-6-4-12(5-7-13)15-10-14(29-19(20,21)22)8-9-16(15)26(2)3/h4-10H,1-3H3,(H,23,27). The monoisotopic (exact) mass is 438 g/mol. The molecule has 0 aliphatic heterocycles. The maximum Gasteiger partial charge on any atom is 0.573 e. The lowest BCUT2D eigenvalue weighted by Crippen LogP contribution is -2.17. The van der Waals surface area contributed by atoms with Gasteiger partial charge in [-0.2, -0.15) is 0 Å². The Labute approximate surface area is 174 Å². The van der Waals surface area contributed by atoms with Crippen LogP contribution in [0.4, 0.5) is 29.3 Å². The first kappa shape index (κ1) is 21.4. The number of nitrogens with one attached hydrogen (secondary N) is 1. The molecule has 0 aliphatic carbocycles. The van der Waals surface area contributed by atoms with E-state index in [2.05, 4.69) is 19.6 Å². The summed E-state index contributed by atoms with van der Waals surface area (Å²) in [6.45, 7) is 1.67. The molecule has 0 unspecified atom stereocenters. The summed E-state index contributed by atoms with van der Waals surface area (Å²) in [6, 6.07) is 10.7. The third kappa shape index (κ3) is 5.38. The van der Waals surface area contributed by atoms with Crippen LogP contribution in [-0.2, 0) is 0 Å². The molecule has 2 aromatic carbocycles. The first-order valence-corrected chi connectivity index (χ1v) is 9.35. The maximum atomic E-state index is 12.6. The highest BCUT2D eigenvalue weighted by Gasteiger charge is 2.31. The van der Waals surface area contributed by atoms with E-state index in [9.17, 15) is 18.0 Å². The molecular weight excluding hydrogens is 421 g/mol. The number of halogens is 3. The van der Waals surface area contributed by atoms with Crippen LogP contribution < -0.4 is 19.7 Å². The topological polar surface area (TPSA) is 76.6 Å². The average molecular weight is 438 g/mol. The fourth-order valence-electron chi connectivity index (χ4n) is 2.61. The predicted octanol–water partition coefficient (Wildman–Crippen LogP) is 5.09. The Bertz CT molecular complexity index is 1040. The summed E-state index contributed by atoms with van der Waals surface area (Å²) in [5.74, 6) is -0.317. The Kier molecular flexibility index (Phi) is 6.11. The number of carbonyl (C=O) groups is 1. The molecule has 0 atom stereocenters. The summed E-state index contributed by atoms with van der Waals surface area (Å²) in [5.41, 5.74) is 2.85. The lowest BCUT2D eigenvalue weighted by Gasteiger charge is -2.19. The zero-order chi connectivity index (χ0) is 21.9. The van der Waals surface area contributed by atoms with Gasteiger partial charge in [0.1, 0.15) is 11.4 Å². The molecule has 1 amide bonds. The van der Waals surface area contributed by atoms with Crippen molar-refractivity contribution < 1.29 is 27.4 Å². The van der Waals surface area contributed by atoms with Gasteiger partial charge in [-0.3, -0.25) is 5.32 Å². The molecule has 0 saturated heterocycles. The van der Waals surface area contributed by atoms with Crippen LogP contribution in [-0.4, -0.2) is 36.1 Å². The quantitative estimate of drug-likeness (QED) is 0.598. The van der Waals surface area contributed by atoms with Gasteiger partial charge in [0.25, 0.3) is 0 Å². The molecule has 3 rings (SSSR count). The number of amides is 1. The van der Waals surface area contributed by atoms with E-state index < -0.39 is 12.5 Å². The van der Waals surface area contributed by atoms with Gasteiger partial charge in [0, 0.05) is 42.6 Å². The number of aromatic nitrogens is 2. The summed E-state index contributed by atoms with van der Waals surface area (Å²) in [4.78, 5) is 13.8. The van der Waals surface area contributed by atoms with Gasteiger partial charge in [-0.15, -0.1) is 18.3 Å². The molecule has 1 heterocycles. The summed E-state index contributed by atoms with van der Waals surface area (Å²) in [6.07, 6.45) is -5.48. The Morgan fingerprint density at radius 3 is 2.40 bits per heavy atom. The second-order valence-corrected chi connectivity index (χ2v) is 7.08. The molecule has 0 bridgehead atoms. The van der Waals surface area contributed by atoms with Crippen LogP contribution in [0.1, 0.15) is 5.69 Å². The van der Waals surface area contributed by atoms with Gasteiger partial charge < -0.3 is 14.4 Å². The molecule has 1 N–H and O–H groups in total. The highest BCUT2D eigenvalue weighted by molar-refractivity contribution is 7.07. The number of hydrogen-bond donors (Lipinski definition) is 1. The van der Waals surface area contributed by atoms with Crippen LogP contribution in [0.5, 0.6) is 10.8 Å². The van der Waals surface area contributed by atoms with Gasteiger partial charge in [-0.1, -0.05) is 16.6 Å². The minimum Gasteiger partial charge on any atom is -0.406 e. The Morgan fingerprint density at radius 1 is 1.13 bits per heavy atom. The Morgan fingerprint density at radius 2 is 1.83 bits per heavy atom. The fourth-order valence-corrected chi connectivity index (χ4v) is 3.14. The van der Waals surface area contributed by atoms with Crippen molar-refractivity contribution in [2.45, 2.75) is 13.3 Å². The third-order valence-corrected chi connectivity index (χ3v) is 4.63. The molecule has 0 radical (unpaired) electrons. The number of aryl methyl sites for hydroxylation is 1. The van der Waals surface area contributed by atoms with Crippen molar-refractivity contribution in [3.8, 4) is 21.9 Å². The van der Waals surface area contributed by atoms with E-state index in [1.165, 1.54) is 12.1 Å². The predicted molar refractivity (Wildman–Crippen MR) is 107 cm³/mol. The van der Waals surface area contributed by atoms with E-state index in [0.717, 1.165) is 11.5 Å². The van der Waals surface area contributed by atoms with E-state index in [4.69, 9.17) is 4.74 Å². The van der Waals surface area contributed by atoms with E-state index in [1.807, 2.05) is 0 Å². The van der Waals surface area contributed by atoms with Crippen LogP contribution in [0.3, 0.4) is 0 Å². The lowest BCUT2D eigenvalue weighted by atomic mass is 10.0. The minimum atomic E-state index is -4.78. The summed E-state index contributed by atoms with van der Waals surface area (Å²) >= 11 is 0.957. The highest BCUT2D eigenvalue weighted by Crippen LogP contribution is 2.35. The molecule has 0 fully saturated rings. The van der Waals surface area contributed by atoms with Crippen LogP contribution >= 0.6 is 11.5 Å². The second kappa shape index (κ2) is 8.57. The fraction of sp³-hybridized carbons (Fsp3) is 0.211. The van der Waals surface area contributed by atoms with E-state index >= 15 is 0 Å². The van der Waals surface area contributed by atoms with E-state index in [1.54, 1.807) is 56.3 Å². The van der Waals surface area contributed by atoms with Gasteiger partial charge in [-0.25, -0.2) is 4.79 Å². The van der Waals surface area contributed by atoms with Gasteiger partial charge in [0.15, 0.2) is 0 Å². The van der Waals surface area contributed by atoms with Crippen molar-refractivity contribution in [1.29, 1.82) is 0 Å². The summed E-state index contributed by atoms with van der Waals surface area (Å²) < 4.78 is 50.6. The summed E-state index contributed by atoms with van der Waals surface area (Å²) in [5, 5.41) is 6.62. The SMILES string of the molecule is Cc1nnsc1OC(=O)Nc1ccc(-c2cc(OC(F)(F)F)ccc2N(C)C)cc1. The molecule has 158 valence electrons. The van der Waals surface area contributed by atoms with Gasteiger partial charge in [-0.05, 0) is 42.8 Å². The van der Waals surface area contributed by atoms with Gasteiger partial charge in [0.2, 0.25) is 5.06 Å². The van der Waals surface area contributed by atoms with E-state index in [-0.39, 0.29) is 5.75 Å². The van der Waals surface area contributed by atoms with Crippen molar-refractivity contribution in [3.05, 3.63) is 48.2 Å². The number of alkyl halides is 3. The number of ether oxygens (including phenoxy) is 2. The van der Waals surface area contributed by atoms with Crippen LogP contribution in [0.25, 0.3) is 11.1 Å². The largest absolute Gasteiger partial charge is 0.573 e. The lowest BCUT2D eigenvalue weighted by molar-refractivity contribution is -0.274. The Hall–Kier alpha value is -3.34. The number of hydrogen-bond acceptors (Lipinski definition) is 7. The molecule has 1 aromatic heterocycles. The van der Waals surface area contributed by atoms with Gasteiger partial charge >= 0.3 is 12.5 Å². The number of anilines is 2. The van der Waals surface area contributed by atoms with Gasteiger partial charge in [0.05, 0.1) is 0 Å². The molecule has 3 aromatic rings. The molecule has 0 spiro atoms. The Balaban J connectivity index is 1.80. The van der Waals surface area contributed by atoms with E-state index in [0.29, 0.717) is 33.3 Å². The molecule has 30 heavy (non-hydrogen) atoms. The summed E-state index contributed by atoms with van der Waals surface area (Å²) in [7, 11) is 3.57. The van der Waals surface area contributed by atoms with Crippen LogP contribution in [0.15, 0.2) is 42.5 Å². The van der Waals surface area contributed by atoms with Crippen molar-refractivity contribution in [2.75, 3.05) is 24.3 Å². The number of carbonyl (C=O) groups excluding carboxylic acids is 1. The molecule has 0 aliphatic rings. The second-order valence-electron chi connectivity index (χ2n) is 6.36. The molecule has 0 saturated carbocycles. The first-order valence-electron chi connectivity index (χ1n) is 8.58. The van der Waals surface area contributed by atoms with Crippen LogP contribution in [0.2, 0.25) is 0 Å². The van der Waals surface area contributed by atoms with Crippen molar-refractivity contribution >= 4 is 29.0 Å². The zero-order valence-electron chi connectivity index (χ0n) is 16.1. The van der Waals surface area contributed by atoms with Crippen molar-refractivity contribution in [2.24, 2.45) is 0 Å². The van der Waals surface area contributed by atoms with Crippen molar-refractivity contribution in [1.82, 2.24) is 9.59 Å². The number of rotatable bonds is 5. The number of nitrogens with zero attached hydrogens (tertiary/aromatic N) is 3. The average Bonchev–Trinajstić information content (AvgIpc) is 3.05. The molecule has 7 nitrogen and oxygen atoms in total. The normalized spacial score (nSPS) is 11.1. The molecular formula is C19H17F3N4O3S.